The lowest BCUT2D eigenvalue weighted by molar-refractivity contribution is -0.310. The molecule has 310 valence electrons. The lowest BCUT2D eigenvalue weighted by atomic mass is 9.78. The summed E-state index contributed by atoms with van der Waals surface area (Å²) in [5.41, 5.74) is 5.84. The number of nitrogens with two attached hydrogens (primary N) is 1. The van der Waals surface area contributed by atoms with Gasteiger partial charge in [0.15, 0.2) is 5.82 Å². The molecule has 1 aromatic heterocycles. The molecule has 2 saturated heterocycles. The van der Waals surface area contributed by atoms with Crippen molar-refractivity contribution in [3.63, 3.8) is 0 Å². The van der Waals surface area contributed by atoms with Gasteiger partial charge in [-0.15, -0.1) is 0 Å². The van der Waals surface area contributed by atoms with Gasteiger partial charge in [0.2, 0.25) is 11.9 Å². The van der Waals surface area contributed by atoms with Crippen molar-refractivity contribution >= 4 is 11.9 Å². The van der Waals surface area contributed by atoms with Gasteiger partial charge in [-0.2, -0.15) is 25.1 Å². The molecule has 0 radical (unpaired) electrons. The minimum atomic E-state index is -0.691. The summed E-state index contributed by atoms with van der Waals surface area (Å²) in [4.78, 5) is 34.3. The molecule has 11 nitrogen and oxygen atoms in total. The van der Waals surface area contributed by atoms with Gasteiger partial charge in [-0.3, -0.25) is 9.68 Å². The van der Waals surface area contributed by atoms with Crippen LogP contribution in [0.5, 0.6) is 0 Å². The fourth-order valence-electron chi connectivity index (χ4n) is 10.5. The molecule has 5 rings (SSSR count). The summed E-state index contributed by atoms with van der Waals surface area (Å²) in [5.74, 6) is 1.83. The monoisotopic (exact) mass is 757 g/mol. The van der Waals surface area contributed by atoms with E-state index in [1.54, 1.807) is 0 Å². The first-order chi connectivity index (χ1) is 25.5. The molecule has 1 unspecified atom stereocenters. The minimum absolute atomic E-state index is 0.188. The number of rotatable bonds is 16. The van der Waals surface area contributed by atoms with Gasteiger partial charge in [0.1, 0.15) is 0 Å². The van der Waals surface area contributed by atoms with Gasteiger partial charge in [0.05, 0.1) is 24.9 Å². The summed E-state index contributed by atoms with van der Waals surface area (Å²) in [6.45, 7) is 24.7. The highest BCUT2D eigenvalue weighted by Crippen LogP contribution is 2.45. The molecular weight excluding hydrogens is 677 g/mol. The summed E-state index contributed by atoms with van der Waals surface area (Å²) in [6, 6.07) is -0.296. The number of hydroxylamine groups is 4. The minimum Gasteiger partial charge on any atom is -0.394 e. The second-order valence-electron chi connectivity index (χ2n) is 19.9. The molecule has 4 fully saturated rings. The average Bonchev–Trinajstić information content (AvgIpc) is 3.11. The highest BCUT2D eigenvalue weighted by molar-refractivity contribution is 5.42. The van der Waals surface area contributed by atoms with Gasteiger partial charge in [-0.1, -0.05) is 65.2 Å². The number of aromatic nitrogens is 3. The molecule has 11 heteroatoms. The average molecular weight is 757 g/mol. The molecule has 1 aromatic rings. The number of nitrogens with zero attached hydrogens (tertiary/aromatic N) is 7. The SMILES string of the molecule is CCCCN(c1nc(C(N)CO)nc(N(CCCC)C2CC(C)(C)N(OC3CCCCC3)C(C)(C)C2)n1)C1CC(C)(C)N(OC2CCCCC2)C(C)(C)C1. The Bertz CT molecular complexity index is 1190. The first kappa shape index (κ1) is 43.5. The molecule has 2 aliphatic carbocycles. The van der Waals surface area contributed by atoms with E-state index >= 15 is 0 Å². The highest BCUT2D eigenvalue weighted by Gasteiger charge is 2.51. The Kier molecular flexibility index (Phi) is 14.7. The predicted octanol–water partition coefficient (Wildman–Crippen LogP) is 8.65. The molecule has 0 bridgehead atoms. The molecule has 0 aromatic carbocycles. The maximum Gasteiger partial charge on any atom is 0.230 e. The van der Waals surface area contributed by atoms with Crippen molar-refractivity contribution in [1.82, 2.24) is 25.1 Å². The van der Waals surface area contributed by atoms with Gasteiger partial charge >= 0.3 is 0 Å². The molecule has 3 heterocycles. The number of unbranched alkanes of at least 4 members (excludes halogenated alkanes) is 2. The van der Waals surface area contributed by atoms with Gasteiger partial charge in [-0.05, 0) is 120 Å². The Morgan fingerprint density at radius 1 is 0.630 bits per heavy atom. The molecule has 4 aliphatic rings. The number of anilines is 2. The van der Waals surface area contributed by atoms with E-state index in [1.165, 1.54) is 38.5 Å². The van der Waals surface area contributed by atoms with Crippen LogP contribution in [-0.4, -0.2) is 96.3 Å². The quantitative estimate of drug-likeness (QED) is 0.169. The first-order valence-electron chi connectivity index (χ1n) is 22.1. The Morgan fingerprint density at radius 2 is 0.981 bits per heavy atom. The van der Waals surface area contributed by atoms with E-state index in [-0.39, 0.29) is 40.8 Å². The highest BCUT2D eigenvalue weighted by atomic mass is 16.7. The van der Waals surface area contributed by atoms with Gasteiger partial charge < -0.3 is 20.6 Å². The smallest absolute Gasteiger partial charge is 0.230 e. The second-order valence-corrected chi connectivity index (χ2v) is 19.9. The largest absolute Gasteiger partial charge is 0.394 e. The van der Waals surface area contributed by atoms with E-state index in [0.29, 0.717) is 29.9 Å². The summed E-state index contributed by atoms with van der Waals surface area (Å²) in [7, 11) is 0. The lowest BCUT2D eigenvalue weighted by Gasteiger charge is -2.57. The molecule has 0 amide bonds. The van der Waals surface area contributed by atoms with Crippen LogP contribution in [0, 0.1) is 0 Å². The van der Waals surface area contributed by atoms with Crippen LogP contribution in [-0.2, 0) is 9.68 Å². The van der Waals surface area contributed by atoms with Crippen LogP contribution >= 0.6 is 0 Å². The summed E-state index contributed by atoms with van der Waals surface area (Å²) in [6.07, 6.45) is 20.7. The zero-order valence-corrected chi connectivity index (χ0v) is 36.2. The topological polar surface area (TPSA) is 116 Å². The Morgan fingerprint density at radius 3 is 1.30 bits per heavy atom. The Balaban J connectivity index is 1.49. The molecule has 54 heavy (non-hydrogen) atoms. The normalized spacial score (nSPS) is 25.1. The maximum absolute atomic E-state index is 10.3. The molecule has 2 aliphatic heterocycles. The van der Waals surface area contributed by atoms with Crippen LogP contribution in [0.2, 0.25) is 0 Å². The van der Waals surface area contributed by atoms with Crippen LogP contribution in [0.3, 0.4) is 0 Å². The van der Waals surface area contributed by atoms with E-state index in [0.717, 1.165) is 90.1 Å². The van der Waals surface area contributed by atoms with Crippen molar-refractivity contribution < 1.29 is 14.8 Å². The zero-order valence-electron chi connectivity index (χ0n) is 36.2. The second kappa shape index (κ2) is 18.3. The van der Waals surface area contributed by atoms with Crippen molar-refractivity contribution in [3.05, 3.63) is 5.82 Å². The van der Waals surface area contributed by atoms with Gasteiger partial charge in [-0.25, -0.2) is 0 Å². The lowest BCUT2D eigenvalue weighted by Crippen LogP contribution is -2.65. The van der Waals surface area contributed by atoms with Crippen LogP contribution < -0.4 is 15.5 Å². The standard InChI is InChI=1S/C43H80N8O3/c1-11-13-25-48(32-27-40(3,4)50(41(5,6)28-32)53-34-21-17-15-18-22-34)38-45-37(36(44)31-52)46-39(47-38)49(26-14-12-2)33-29-42(7,8)51(43(9,10)30-33)54-35-23-19-16-20-24-35/h32-36,52H,11-31,44H2,1-10H3. The van der Waals surface area contributed by atoms with E-state index in [2.05, 4.69) is 89.2 Å². The number of hydrogen-bond donors (Lipinski definition) is 2. The Labute approximate surface area is 329 Å². The van der Waals surface area contributed by atoms with Gasteiger partial charge in [0.25, 0.3) is 0 Å². The van der Waals surface area contributed by atoms with Crippen molar-refractivity contribution in [1.29, 1.82) is 0 Å². The fourth-order valence-corrected chi connectivity index (χ4v) is 10.5. The first-order valence-corrected chi connectivity index (χ1v) is 22.1. The summed E-state index contributed by atoms with van der Waals surface area (Å²) < 4.78 is 0. The summed E-state index contributed by atoms with van der Waals surface area (Å²) >= 11 is 0. The van der Waals surface area contributed by atoms with Crippen molar-refractivity contribution in [2.75, 3.05) is 29.5 Å². The van der Waals surface area contributed by atoms with Crippen LogP contribution in [0.1, 0.15) is 197 Å². The number of aliphatic hydroxyl groups is 1. The van der Waals surface area contributed by atoms with Crippen molar-refractivity contribution in [2.45, 2.75) is 237 Å². The van der Waals surface area contributed by atoms with E-state index in [9.17, 15) is 5.11 Å². The molecule has 1 atom stereocenters. The van der Waals surface area contributed by atoms with E-state index in [4.69, 9.17) is 30.4 Å². The predicted molar refractivity (Wildman–Crippen MR) is 220 cm³/mol. The third-order valence-corrected chi connectivity index (χ3v) is 12.8. The van der Waals surface area contributed by atoms with Crippen LogP contribution in [0.15, 0.2) is 0 Å². The Hall–Kier alpha value is -1.63. The third kappa shape index (κ3) is 10.5. The molecular formula is C43H80N8O3. The number of hydrogen-bond acceptors (Lipinski definition) is 11. The van der Waals surface area contributed by atoms with Crippen molar-refractivity contribution in [3.8, 4) is 0 Å². The molecule has 0 spiro atoms. The maximum atomic E-state index is 10.3. The van der Waals surface area contributed by atoms with Crippen molar-refractivity contribution in [2.24, 2.45) is 5.73 Å². The fraction of sp³-hybridized carbons (Fsp3) is 0.930. The van der Waals surface area contributed by atoms with Crippen LogP contribution in [0.4, 0.5) is 11.9 Å². The zero-order chi connectivity index (χ0) is 39.3. The number of aliphatic hydroxyl groups excluding tert-OH is 1. The van der Waals surface area contributed by atoms with Crippen LogP contribution in [0.25, 0.3) is 0 Å². The number of piperidine rings is 2. The van der Waals surface area contributed by atoms with E-state index in [1.807, 2.05) is 0 Å². The third-order valence-electron chi connectivity index (χ3n) is 12.8. The van der Waals surface area contributed by atoms with E-state index < -0.39 is 6.04 Å². The molecule has 3 N–H and O–H groups in total. The molecule has 2 saturated carbocycles. The van der Waals surface area contributed by atoms with Gasteiger partial charge in [0, 0.05) is 47.3 Å². The summed E-state index contributed by atoms with van der Waals surface area (Å²) in [5, 5.41) is 15.0.